The lowest BCUT2D eigenvalue weighted by atomic mass is 10.2. The van der Waals surface area contributed by atoms with E-state index in [0.717, 1.165) is 9.87 Å². The normalized spacial score (nSPS) is 11.2. The first-order chi connectivity index (χ1) is 13.6. The number of hydrogen-bond acceptors (Lipinski definition) is 4. The number of carbonyl (C=O) groups excluding carboxylic acids is 1. The summed E-state index contributed by atoms with van der Waals surface area (Å²) in [4.78, 5) is 14.3. The molecule has 0 radical (unpaired) electrons. The van der Waals surface area contributed by atoms with Crippen molar-refractivity contribution in [2.75, 3.05) is 31.0 Å². The number of ether oxygens (including phenoxy) is 1. The maximum absolute atomic E-state index is 13.6. The van der Waals surface area contributed by atoms with Gasteiger partial charge in [-0.15, -0.1) is 0 Å². The molecular formula is C20H24Cl2N2O4S. The van der Waals surface area contributed by atoms with Crippen LogP contribution in [0.2, 0.25) is 10.0 Å². The number of sulfonamides is 1. The van der Waals surface area contributed by atoms with Gasteiger partial charge in [0.15, 0.2) is 0 Å². The zero-order chi connectivity index (χ0) is 21.8. The largest absolute Gasteiger partial charge is 0.495 e. The molecule has 0 fully saturated rings. The summed E-state index contributed by atoms with van der Waals surface area (Å²) in [5, 5.41) is 0.479. The van der Waals surface area contributed by atoms with Crippen LogP contribution in [0.4, 0.5) is 5.69 Å². The van der Waals surface area contributed by atoms with Crippen LogP contribution in [0.15, 0.2) is 41.3 Å². The molecule has 0 unspecified atom stereocenters. The zero-order valence-corrected chi connectivity index (χ0v) is 19.1. The lowest BCUT2D eigenvalue weighted by molar-refractivity contribution is -0.129. The highest BCUT2D eigenvalue weighted by Crippen LogP contribution is 2.33. The van der Waals surface area contributed by atoms with Gasteiger partial charge in [0.05, 0.1) is 22.8 Å². The predicted molar refractivity (Wildman–Crippen MR) is 117 cm³/mol. The third-order valence-corrected chi connectivity index (χ3v) is 7.01. The Morgan fingerprint density at radius 3 is 2.24 bits per heavy atom. The van der Waals surface area contributed by atoms with Crippen LogP contribution in [0.3, 0.4) is 0 Å². The Bertz CT molecular complexity index is 992. The molecule has 0 atom stereocenters. The minimum atomic E-state index is -4.13. The molecule has 0 N–H and O–H groups in total. The third-order valence-electron chi connectivity index (χ3n) is 4.47. The van der Waals surface area contributed by atoms with Crippen molar-refractivity contribution in [3.8, 4) is 5.75 Å². The Kier molecular flexibility index (Phi) is 7.80. The summed E-state index contributed by atoms with van der Waals surface area (Å²) >= 11 is 12.1. The van der Waals surface area contributed by atoms with Gasteiger partial charge in [0.2, 0.25) is 5.91 Å². The van der Waals surface area contributed by atoms with Crippen molar-refractivity contribution in [1.82, 2.24) is 4.90 Å². The first kappa shape index (κ1) is 23.3. The van der Waals surface area contributed by atoms with E-state index >= 15 is 0 Å². The summed E-state index contributed by atoms with van der Waals surface area (Å²) in [6, 6.07) is 9.30. The number of benzene rings is 2. The van der Waals surface area contributed by atoms with Crippen LogP contribution >= 0.6 is 23.2 Å². The van der Waals surface area contributed by atoms with E-state index in [1.54, 1.807) is 24.0 Å². The van der Waals surface area contributed by atoms with Crippen molar-refractivity contribution < 1.29 is 17.9 Å². The van der Waals surface area contributed by atoms with Gasteiger partial charge in [-0.1, -0.05) is 29.3 Å². The van der Waals surface area contributed by atoms with Crippen LogP contribution in [0, 0.1) is 6.92 Å². The standard InChI is InChI=1S/C20H24Cl2N2O4S/c1-5-23(6-2)20(25)13-24(15-8-9-16(21)17(22)12-15)29(26,27)19-11-14(3)7-10-18(19)28-4/h7-12H,5-6,13H2,1-4H3. The average Bonchev–Trinajstić information content (AvgIpc) is 2.69. The summed E-state index contributed by atoms with van der Waals surface area (Å²) in [7, 11) is -2.74. The number of halogens is 2. The minimum absolute atomic E-state index is 0.0292. The van der Waals surface area contributed by atoms with E-state index in [-0.39, 0.29) is 38.8 Å². The Morgan fingerprint density at radius 1 is 1.03 bits per heavy atom. The second kappa shape index (κ2) is 9.69. The molecule has 6 nitrogen and oxygen atoms in total. The molecule has 0 aliphatic heterocycles. The molecule has 0 spiro atoms. The number of carbonyl (C=O) groups is 1. The van der Waals surface area contributed by atoms with Crippen molar-refractivity contribution in [2.45, 2.75) is 25.7 Å². The molecule has 158 valence electrons. The highest BCUT2D eigenvalue weighted by molar-refractivity contribution is 7.93. The Balaban J connectivity index is 2.64. The number of rotatable bonds is 8. The van der Waals surface area contributed by atoms with E-state index in [4.69, 9.17) is 27.9 Å². The molecule has 0 aliphatic rings. The molecule has 0 heterocycles. The summed E-state index contributed by atoms with van der Waals surface area (Å²) in [5.74, 6) is -0.132. The molecule has 0 bridgehead atoms. The maximum atomic E-state index is 13.6. The molecule has 2 aromatic carbocycles. The Morgan fingerprint density at radius 2 is 1.69 bits per heavy atom. The van der Waals surface area contributed by atoms with E-state index in [1.807, 2.05) is 13.8 Å². The Labute approximate surface area is 182 Å². The number of nitrogens with zero attached hydrogens (tertiary/aromatic N) is 2. The van der Waals surface area contributed by atoms with E-state index in [1.165, 1.54) is 31.4 Å². The van der Waals surface area contributed by atoms with Gasteiger partial charge in [-0.25, -0.2) is 8.42 Å². The number of aryl methyl sites for hydroxylation is 1. The first-order valence-corrected chi connectivity index (χ1v) is 11.3. The number of amides is 1. The van der Waals surface area contributed by atoms with Gasteiger partial charge in [0.1, 0.15) is 17.2 Å². The van der Waals surface area contributed by atoms with E-state index in [9.17, 15) is 13.2 Å². The van der Waals surface area contributed by atoms with Crippen LogP contribution in [-0.2, 0) is 14.8 Å². The molecule has 0 saturated heterocycles. The van der Waals surface area contributed by atoms with Crippen LogP contribution in [-0.4, -0.2) is 46.0 Å². The van der Waals surface area contributed by atoms with Crippen molar-refractivity contribution in [1.29, 1.82) is 0 Å². The second-order valence-corrected chi connectivity index (χ2v) is 8.98. The fourth-order valence-electron chi connectivity index (χ4n) is 2.86. The van der Waals surface area contributed by atoms with Gasteiger partial charge in [-0.2, -0.15) is 0 Å². The maximum Gasteiger partial charge on any atom is 0.268 e. The monoisotopic (exact) mass is 458 g/mol. The average molecular weight is 459 g/mol. The van der Waals surface area contributed by atoms with Gasteiger partial charge in [0, 0.05) is 13.1 Å². The molecule has 2 aromatic rings. The SMILES string of the molecule is CCN(CC)C(=O)CN(c1ccc(Cl)c(Cl)c1)S(=O)(=O)c1cc(C)ccc1OC. The fraction of sp³-hybridized carbons (Fsp3) is 0.350. The molecule has 0 aromatic heterocycles. The van der Waals surface area contributed by atoms with Crippen LogP contribution in [0.1, 0.15) is 19.4 Å². The van der Waals surface area contributed by atoms with Crippen LogP contribution in [0.25, 0.3) is 0 Å². The van der Waals surface area contributed by atoms with E-state index in [2.05, 4.69) is 0 Å². The number of hydrogen-bond donors (Lipinski definition) is 0. The number of methoxy groups -OCH3 is 1. The van der Waals surface area contributed by atoms with Gasteiger partial charge >= 0.3 is 0 Å². The highest BCUT2D eigenvalue weighted by Gasteiger charge is 2.31. The van der Waals surface area contributed by atoms with Crippen molar-refractivity contribution >= 4 is 44.8 Å². The van der Waals surface area contributed by atoms with Crippen LogP contribution in [0.5, 0.6) is 5.75 Å². The van der Waals surface area contributed by atoms with E-state index < -0.39 is 10.0 Å². The first-order valence-electron chi connectivity index (χ1n) is 9.05. The second-order valence-electron chi connectivity index (χ2n) is 6.33. The third kappa shape index (κ3) is 5.15. The number of likely N-dealkylation sites (N-methyl/N-ethyl adjacent to an activating group) is 1. The molecule has 29 heavy (non-hydrogen) atoms. The smallest absolute Gasteiger partial charge is 0.268 e. The van der Waals surface area contributed by atoms with Gasteiger partial charge < -0.3 is 9.64 Å². The molecule has 0 saturated carbocycles. The molecule has 2 rings (SSSR count). The van der Waals surface area contributed by atoms with Gasteiger partial charge in [0.25, 0.3) is 10.0 Å². The molecule has 1 amide bonds. The fourth-order valence-corrected chi connectivity index (χ4v) is 4.80. The van der Waals surface area contributed by atoms with Crippen molar-refractivity contribution in [3.05, 3.63) is 52.0 Å². The Hall–Kier alpha value is -1.96. The summed E-state index contributed by atoms with van der Waals surface area (Å²) in [5.41, 5.74) is 0.983. The summed E-state index contributed by atoms with van der Waals surface area (Å²) < 4.78 is 33.5. The molecule has 0 aliphatic carbocycles. The number of anilines is 1. The lowest BCUT2D eigenvalue weighted by Gasteiger charge is -2.28. The zero-order valence-electron chi connectivity index (χ0n) is 16.8. The lowest BCUT2D eigenvalue weighted by Crippen LogP contribution is -2.43. The highest BCUT2D eigenvalue weighted by atomic mass is 35.5. The summed E-state index contributed by atoms with van der Waals surface area (Å²) in [6.07, 6.45) is 0. The van der Waals surface area contributed by atoms with Crippen molar-refractivity contribution in [2.24, 2.45) is 0 Å². The summed E-state index contributed by atoms with van der Waals surface area (Å²) in [6.45, 7) is 6.02. The quantitative estimate of drug-likeness (QED) is 0.588. The molecule has 9 heteroatoms. The minimum Gasteiger partial charge on any atom is -0.495 e. The predicted octanol–water partition coefficient (Wildman–Crippen LogP) is 4.37. The van der Waals surface area contributed by atoms with Gasteiger partial charge in [-0.05, 0) is 56.7 Å². The topological polar surface area (TPSA) is 66.9 Å². The molecular weight excluding hydrogens is 435 g/mol. The van der Waals surface area contributed by atoms with Crippen LogP contribution < -0.4 is 9.04 Å². The van der Waals surface area contributed by atoms with E-state index in [0.29, 0.717) is 13.1 Å². The van der Waals surface area contributed by atoms with Gasteiger partial charge in [-0.3, -0.25) is 9.10 Å². The van der Waals surface area contributed by atoms with Crippen molar-refractivity contribution in [3.63, 3.8) is 0 Å².